The molecule has 0 radical (unpaired) electrons. The number of nitrogens with zero attached hydrogens (tertiary/aromatic N) is 2. The quantitative estimate of drug-likeness (QED) is 0.0772. The lowest BCUT2D eigenvalue weighted by molar-refractivity contribution is -0.143. The number of hydrogen-bond donors (Lipinski definition) is 7. The normalized spacial score (nSPS) is 16.6. The Morgan fingerprint density at radius 3 is 2.45 bits per heavy atom. The van der Waals surface area contributed by atoms with E-state index < -0.39 is 42.0 Å². The molecule has 234 valence electrons. The summed E-state index contributed by atoms with van der Waals surface area (Å²) in [5.74, 6) is -2.83. The first-order valence-electron chi connectivity index (χ1n) is 14.7. The van der Waals surface area contributed by atoms with E-state index in [1.165, 1.54) is 4.90 Å². The van der Waals surface area contributed by atoms with Crippen LogP contribution in [0.25, 0.3) is 10.9 Å². The van der Waals surface area contributed by atoms with Crippen molar-refractivity contribution in [3.05, 3.63) is 71.9 Å². The largest absolute Gasteiger partial charge is 0.480 e. The van der Waals surface area contributed by atoms with Gasteiger partial charge in [0.2, 0.25) is 17.7 Å². The van der Waals surface area contributed by atoms with Crippen molar-refractivity contribution in [1.29, 1.82) is 0 Å². The molecule has 3 aromatic rings. The first-order valence-corrected chi connectivity index (χ1v) is 14.7. The number of benzene rings is 2. The number of carboxylic acid groups (broad SMARTS) is 1. The van der Waals surface area contributed by atoms with E-state index in [-0.39, 0.29) is 31.3 Å². The predicted octanol–water partition coefficient (Wildman–Crippen LogP) is 0.379. The van der Waals surface area contributed by atoms with Crippen LogP contribution >= 0.6 is 0 Å². The summed E-state index contributed by atoms with van der Waals surface area (Å²) < 4.78 is 0. The molecule has 1 aliphatic rings. The van der Waals surface area contributed by atoms with Gasteiger partial charge in [-0.2, -0.15) is 0 Å². The highest BCUT2D eigenvalue weighted by Crippen LogP contribution is 2.21. The number of nitrogens with one attached hydrogen (secondary N) is 3. The third kappa shape index (κ3) is 8.34. The van der Waals surface area contributed by atoms with E-state index in [9.17, 15) is 24.3 Å². The number of rotatable bonds is 14. The minimum absolute atomic E-state index is 0.0317. The van der Waals surface area contributed by atoms with Crippen molar-refractivity contribution in [2.24, 2.45) is 22.2 Å². The summed E-state index contributed by atoms with van der Waals surface area (Å²) in [6.07, 6.45) is 3.58. The third-order valence-corrected chi connectivity index (χ3v) is 7.75. The highest BCUT2D eigenvalue weighted by Gasteiger charge is 2.38. The lowest BCUT2D eigenvalue weighted by Crippen LogP contribution is -2.57. The van der Waals surface area contributed by atoms with Crippen molar-refractivity contribution in [3.63, 3.8) is 0 Å². The van der Waals surface area contributed by atoms with Crippen LogP contribution in [0.15, 0.2) is 65.8 Å². The van der Waals surface area contributed by atoms with Crippen molar-refractivity contribution in [3.8, 4) is 0 Å². The minimum atomic E-state index is -1.25. The standard InChI is InChI=1S/C31H40N8O5/c32-22(16-19-8-2-1-3-9-19)29(42)39-15-7-13-26(39)28(41)37-24(12-6-14-35-31(33)34)27(40)38-25(30(43)44)17-20-18-36-23-11-5-4-10-21(20)23/h1-5,8-11,18,22,24-26,36H,6-7,12-17,32H2,(H,37,41)(H,38,40)(H,43,44)(H4,33,34,35). The Balaban J connectivity index is 1.45. The van der Waals surface area contributed by atoms with Crippen LogP contribution in [0.3, 0.4) is 0 Å². The Kier molecular flexibility index (Phi) is 10.9. The number of carbonyl (C=O) groups excluding carboxylic acids is 3. The molecule has 1 fully saturated rings. The van der Waals surface area contributed by atoms with Crippen LogP contribution in [-0.2, 0) is 32.0 Å². The van der Waals surface area contributed by atoms with Crippen molar-refractivity contribution in [2.75, 3.05) is 13.1 Å². The molecule has 44 heavy (non-hydrogen) atoms. The van der Waals surface area contributed by atoms with Gasteiger partial charge in [0.05, 0.1) is 6.04 Å². The summed E-state index contributed by atoms with van der Waals surface area (Å²) in [6, 6.07) is 12.9. The molecule has 1 aromatic heterocycles. The van der Waals surface area contributed by atoms with Gasteiger partial charge in [-0.25, -0.2) is 4.79 Å². The average molecular weight is 605 g/mol. The van der Waals surface area contributed by atoms with Gasteiger partial charge < -0.3 is 42.8 Å². The van der Waals surface area contributed by atoms with Crippen LogP contribution in [0.4, 0.5) is 0 Å². The number of carboxylic acids is 1. The van der Waals surface area contributed by atoms with E-state index >= 15 is 0 Å². The summed E-state index contributed by atoms with van der Waals surface area (Å²) in [5.41, 5.74) is 19.6. The molecule has 4 unspecified atom stereocenters. The van der Waals surface area contributed by atoms with Gasteiger partial charge in [-0.05, 0) is 49.3 Å². The predicted molar refractivity (Wildman–Crippen MR) is 166 cm³/mol. The minimum Gasteiger partial charge on any atom is -0.480 e. The maximum Gasteiger partial charge on any atom is 0.326 e. The summed E-state index contributed by atoms with van der Waals surface area (Å²) in [5, 5.41) is 16.1. The van der Waals surface area contributed by atoms with Gasteiger partial charge in [-0.1, -0.05) is 48.5 Å². The first-order chi connectivity index (χ1) is 21.1. The zero-order valence-electron chi connectivity index (χ0n) is 24.4. The molecule has 1 aliphatic heterocycles. The molecular formula is C31H40N8O5. The summed E-state index contributed by atoms with van der Waals surface area (Å²) in [7, 11) is 0. The van der Waals surface area contributed by atoms with Gasteiger partial charge in [0.1, 0.15) is 18.1 Å². The van der Waals surface area contributed by atoms with E-state index in [2.05, 4.69) is 20.6 Å². The number of nitrogens with two attached hydrogens (primary N) is 3. The first kappa shape index (κ1) is 32.0. The second-order valence-corrected chi connectivity index (χ2v) is 11.0. The Bertz CT molecular complexity index is 1490. The molecule has 10 N–H and O–H groups in total. The number of fused-ring (bicyclic) bond motifs is 1. The number of aliphatic imine (C=N–C) groups is 1. The zero-order chi connectivity index (χ0) is 31.6. The van der Waals surface area contributed by atoms with Crippen molar-refractivity contribution in [2.45, 2.75) is 62.7 Å². The topological polar surface area (TPSA) is 222 Å². The van der Waals surface area contributed by atoms with Gasteiger partial charge in [-0.15, -0.1) is 0 Å². The fourth-order valence-corrected chi connectivity index (χ4v) is 5.50. The Hall–Kier alpha value is -4.91. The highest BCUT2D eigenvalue weighted by molar-refractivity contribution is 5.94. The van der Waals surface area contributed by atoms with Gasteiger partial charge >= 0.3 is 5.97 Å². The Labute approximate surface area is 255 Å². The molecule has 0 saturated carbocycles. The molecule has 1 saturated heterocycles. The number of para-hydroxylation sites is 1. The highest BCUT2D eigenvalue weighted by atomic mass is 16.4. The average Bonchev–Trinajstić information content (AvgIpc) is 3.66. The van der Waals surface area contributed by atoms with E-state index in [4.69, 9.17) is 17.2 Å². The third-order valence-electron chi connectivity index (χ3n) is 7.75. The second-order valence-electron chi connectivity index (χ2n) is 11.0. The molecule has 4 rings (SSSR count). The number of aliphatic carboxylic acids is 1. The SMILES string of the molecule is NC(N)=NCCCC(NC(=O)C1CCCN1C(=O)C(N)Cc1ccccc1)C(=O)NC(Cc1c[nH]c2ccccc12)C(=O)O. The molecule has 2 heterocycles. The van der Waals surface area contributed by atoms with Crippen LogP contribution in [0.5, 0.6) is 0 Å². The van der Waals surface area contributed by atoms with Gasteiger partial charge in [0, 0.05) is 36.6 Å². The van der Waals surface area contributed by atoms with E-state index in [1.807, 2.05) is 54.6 Å². The maximum absolute atomic E-state index is 13.5. The summed E-state index contributed by atoms with van der Waals surface area (Å²) in [6.45, 7) is 0.578. The van der Waals surface area contributed by atoms with Crippen molar-refractivity contribution in [1.82, 2.24) is 20.5 Å². The van der Waals surface area contributed by atoms with Gasteiger partial charge in [0.25, 0.3) is 0 Å². The summed E-state index contributed by atoms with van der Waals surface area (Å²) in [4.78, 5) is 60.9. The lowest BCUT2D eigenvalue weighted by atomic mass is 10.0. The van der Waals surface area contributed by atoms with Crippen LogP contribution in [0.2, 0.25) is 0 Å². The molecule has 0 bridgehead atoms. The van der Waals surface area contributed by atoms with Crippen LogP contribution in [-0.4, -0.2) is 81.9 Å². The van der Waals surface area contributed by atoms with Crippen LogP contribution in [0.1, 0.15) is 36.8 Å². The van der Waals surface area contributed by atoms with Crippen molar-refractivity contribution < 1.29 is 24.3 Å². The zero-order valence-corrected chi connectivity index (χ0v) is 24.4. The molecule has 13 nitrogen and oxygen atoms in total. The number of H-pyrrole nitrogens is 1. The second kappa shape index (κ2) is 15.0. The molecular weight excluding hydrogens is 564 g/mol. The van der Waals surface area contributed by atoms with E-state index in [0.717, 1.165) is 22.0 Å². The Morgan fingerprint density at radius 2 is 1.73 bits per heavy atom. The monoisotopic (exact) mass is 604 g/mol. The number of aromatic nitrogens is 1. The molecule has 13 heteroatoms. The number of amides is 3. The Morgan fingerprint density at radius 1 is 1.00 bits per heavy atom. The fourth-order valence-electron chi connectivity index (χ4n) is 5.50. The fraction of sp³-hybridized carbons (Fsp3) is 0.387. The van der Waals surface area contributed by atoms with Gasteiger partial charge in [0.15, 0.2) is 5.96 Å². The molecule has 2 aromatic carbocycles. The number of aromatic amines is 1. The maximum atomic E-state index is 13.5. The van der Waals surface area contributed by atoms with Crippen LogP contribution < -0.4 is 27.8 Å². The smallest absolute Gasteiger partial charge is 0.326 e. The molecule has 4 atom stereocenters. The van der Waals surface area contributed by atoms with Crippen molar-refractivity contribution >= 4 is 40.6 Å². The summed E-state index contributed by atoms with van der Waals surface area (Å²) >= 11 is 0. The number of carbonyl (C=O) groups is 4. The molecule has 0 aliphatic carbocycles. The van der Waals surface area contributed by atoms with Gasteiger partial charge in [-0.3, -0.25) is 19.4 Å². The number of hydrogen-bond acceptors (Lipinski definition) is 6. The van der Waals surface area contributed by atoms with E-state index in [1.54, 1.807) is 6.20 Å². The molecule has 3 amide bonds. The number of guanidine groups is 1. The molecule has 0 spiro atoms. The lowest BCUT2D eigenvalue weighted by Gasteiger charge is -2.28. The number of likely N-dealkylation sites (tertiary alicyclic amines) is 1. The van der Waals surface area contributed by atoms with Crippen LogP contribution in [0, 0.1) is 0 Å². The van der Waals surface area contributed by atoms with E-state index in [0.29, 0.717) is 32.2 Å².